The van der Waals surface area contributed by atoms with Crippen LogP contribution in [0.5, 0.6) is 0 Å². The van der Waals surface area contributed by atoms with Crippen LogP contribution in [0.1, 0.15) is 71.6 Å². The van der Waals surface area contributed by atoms with Gasteiger partial charge in [-0.3, -0.25) is 4.79 Å². The fourth-order valence-corrected chi connectivity index (χ4v) is 3.60. The monoisotopic (exact) mass is 352 g/mol. The van der Waals surface area contributed by atoms with Gasteiger partial charge in [0, 0.05) is 0 Å². The Morgan fingerprint density at radius 3 is 2.64 bits per heavy atom. The van der Waals surface area contributed by atoms with Crippen LogP contribution in [0.15, 0.2) is 24.3 Å². The molecule has 0 bridgehead atoms. The van der Waals surface area contributed by atoms with E-state index in [1.807, 2.05) is 12.2 Å². The average Bonchev–Trinajstić information content (AvgIpc) is 2.92. The third-order valence-corrected chi connectivity index (χ3v) is 5.30. The predicted octanol–water partition coefficient (Wildman–Crippen LogP) is 4.32. The minimum Gasteiger partial charge on any atom is -0.481 e. The van der Waals surface area contributed by atoms with Gasteiger partial charge in [-0.1, -0.05) is 57.4 Å². The Kier molecular flexibility index (Phi) is 10.7. The van der Waals surface area contributed by atoms with Gasteiger partial charge in [-0.05, 0) is 50.4 Å². The lowest BCUT2D eigenvalue weighted by molar-refractivity contribution is -0.141. The molecule has 0 aromatic carbocycles. The lowest BCUT2D eigenvalue weighted by Gasteiger charge is -2.20. The Morgan fingerprint density at radius 1 is 1.20 bits per heavy atom. The Morgan fingerprint density at radius 2 is 1.96 bits per heavy atom. The number of carboxylic acids is 1. The van der Waals surface area contributed by atoms with Crippen molar-refractivity contribution in [1.82, 2.24) is 0 Å². The fraction of sp³-hybridized carbons (Fsp3) is 0.762. The summed E-state index contributed by atoms with van der Waals surface area (Å²) in [6, 6.07) is 0. The van der Waals surface area contributed by atoms with Crippen molar-refractivity contribution in [2.24, 2.45) is 17.8 Å². The Hall–Kier alpha value is -1.13. The van der Waals surface area contributed by atoms with E-state index in [1.54, 1.807) is 6.92 Å². The van der Waals surface area contributed by atoms with E-state index in [0.29, 0.717) is 12.3 Å². The van der Waals surface area contributed by atoms with Gasteiger partial charge in [0.2, 0.25) is 0 Å². The number of carboxylic acid groups (broad SMARTS) is 1. The number of aliphatic hydroxyl groups excluding tert-OH is 2. The van der Waals surface area contributed by atoms with Crippen molar-refractivity contribution >= 4 is 5.97 Å². The summed E-state index contributed by atoms with van der Waals surface area (Å²) in [5.41, 5.74) is 0. The number of unbranched alkanes of at least 4 members (excludes halogenated alkanes) is 2. The molecule has 4 heteroatoms. The first-order valence-electron chi connectivity index (χ1n) is 9.87. The van der Waals surface area contributed by atoms with Crippen molar-refractivity contribution < 1.29 is 20.1 Å². The van der Waals surface area contributed by atoms with E-state index in [2.05, 4.69) is 19.1 Å². The molecule has 0 heterocycles. The SMILES string of the molecule is CCC=CCC(O)C=C[C@H]1CC[C@H](O)[C@@H]1CCCCCC(C)C(=O)O. The first-order chi connectivity index (χ1) is 12.0. The number of hydrogen-bond acceptors (Lipinski definition) is 3. The van der Waals surface area contributed by atoms with Gasteiger partial charge in [-0.2, -0.15) is 0 Å². The molecule has 0 aromatic heterocycles. The van der Waals surface area contributed by atoms with Crippen LogP contribution < -0.4 is 0 Å². The van der Waals surface area contributed by atoms with Gasteiger partial charge in [-0.15, -0.1) is 0 Å². The smallest absolute Gasteiger partial charge is 0.306 e. The Balaban J connectivity index is 2.33. The van der Waals surface area contributed by atoms with Gasteiger partial charge in [-0.25, -0.2) is 0 Å². The summed E-state index contributed by atoms with van der Waals surface area (Å²) in [6.07, 6.45) is 15.5. The van der Waals surface area contributed by atoms with Crippen molar-refractivity contribution in [3.63, 3.8) is 0 Å². The molecule has 1 rings (SSSR count). The number of allylic oxidation sites excluding steroid dienone is 2. The molecule has 2 unspecified atom stereocenters. The molecule has 1 aliphatic carbocycles. The molecule has 4 nitrogen and oxygen atoms in total. The molecule has 1 saturated carbocycles. The summed E-state index contributed by atoms with van der Waals surface area (Å²) in [5.74, 6) is -0.371. The zero-order valence-corrected chi connectivity index (χ0v) is 15.8. The highest BCUT2D eigenvalue weighted by atomic mass is 16.4. The first kappa shape index (κ1) is 21.9. The second-order valence-electron chi connectivity index (χ2n) is 7.42. The number of aliphatic carboxylic acids is 1. The van der Waals surface area contributed by atoms with Gasteiger partial charge in [0.25, 0.3) is 0 Å². The van der Waals surface area contributed by atoms with E-state index >= 15 is 0 Å². The molecular formula is C21H36O4. The van der Waals surface area contributed by atoms with Gasteiger partial charge in [0.05, 0.1) is 18.1 Å². The topological polar surface area (TPSA) is 77.8 Å². The summed E-state index contributed by atoms with van der Waals surface area (Å²) in [7, 11) is 0. The van der Waals surface area contributed by atoms with E-state index in [-0.39, 0.29) is 17.9 Å². The molecule has 0 saturated heterocycles. The molecule has 0 spiro atoms. The Bertz CT molecular complexity index is 430. The standard InChI is InChI=1S/C21H36O4/c1-3-4-6-10-18(22)14-12-17-13-15-20(23)19(17)11-8-5-7-9-16(2)21(24)25/h4,6,12,14,16-20,22-23H,3,5,7-11,13,15H2,1-2H3,(H,24,25)/t16?,17-,18?,19+,20-/m0/s1. The summed E-state index contributed by atoms with van der Waals surface area (Å²) in [5, 5.41) is 29.1. The zero-order valence-electron chi connectivity index (χ0n) is 15.8. The maximum absolute atomic E-state index is 10.8. The highest BCUT2D eigenvalue weighted by Crippen LogP contribution is 2.37. The normalized spacial score (nSPS) is 26.5. The second kappa shape index (κ2) is 12.3. The molecule has 1 fully saturated rings. The van der Waals surface area contributed by atoms with Crippen LogP contribution in [-0.2, 0) is 4.79 Å². The lowest BCUT2D eigenvalue weighted by Crippen LogP contribution is -2.18. The molecule has 3 N–H and O–H groups in total. The second-order valence-corrected chi connectivity index (χ2v) is 7.42. The van der Waals surface area contributed by atoms with Crippen LogP contribution >= 0.6 is 0 Å². The quantitative estimate of drug-likeness (QED) is 0.361. The number of hydrogen-bond donors (Lipinski definition) is 3. The minimum atomic E-state index is -0.719. The summed E-state index contributed by atoms with van der Waals surface area (Å²) < 4.78 is 0. The molecule has 0 aliphatic heterocycles. The highest BCUT2D eigenvalue weighted by molar-refractivity contribution is 5.69. The van der Waals surface area contributed by atoms with Gasteiger partial charge in [0.15, 0.2) is 0 Å². The highest BCUT2D eigenvalue weighted by Gasteiger charge is 2.32. The maximum Gasteiger partial charge on any atom is 0.306 e. The number of aliphatic hydroxyl groups is 2. The van der Waals surface area contributed by atoms with Gasteiger partial charge < -0.3 is 15.3 Å². The molecule has 25 heavy (non-hydrogen) atoms. The van der Waals surface area contributed by atoms with Crippen molar-refractivity contribution in [3.05, 3.63) is 24.3 Å². The van der Waals surface area contributed by atoms with E-state index in [0.717, 1.165) is 51.4 Å². The van der Waals surface area contributed by atoms with Gasteiger partial charge >= 0.3 is 5.97 Å². The van der Waals surface area contributed by atoms with E-state index in [1.165, 1.54) is 0 Å². The predicted molar refractivity (Wildman–Crippen MR) is 101 cm³/mol. The summed E-state index contributed by atoms with van der Waals surface area (Å²) in [4.78, 5) is 10.8. The average molecular weight is 353 g/mol. The van der Waals surface area contributed by atoms with E-state index in [9.17, 15) is 15.0 Å². The maximum atomic E-state index is 10.8. The van der Waals surface area contributed by atoms with Crippen LogP contribution in [0.2, 0.25) is 0 Å². The van der Waals surface area contributed by atoms with Crippen LogP contribution in [0, 0.1) is 17.8 Å². The van der Waals surface area contributed by atoms with Crippen molar-refractivity contribution in [1.29, 1.82) is 0 Å². The molecule has 5 atom stereocenters. The van der Waals surface area contributed by atoms with Crippen molar-refractivity contribution in [2.75, 3.05) is 0 Å². The van der Waals surface area contributed by atoms with E-state index < -0.39 is 12.1 Å². The number of carbonyl (C=O) groups is 1. The Labute approximate surface area is 152 Å². The zero-order chi connectivity index (χ0) is 18.7. The molecule has 0 amide bonds. The van der Waals surface area contributed by atoms with Crippen molar-refractivity contribution in [2.45, 2.75) is 83.8 Å². The molecular weight excluding hydrogens is 316 g/mol. The molecule has 144 valence electrons. The van der Waals surface area contributed by atoms with Gasteiger partial charge in [0.1, 0.15) is 0 Å². The fourth-order valence-electron chi connectivity index (χ4n) is 3.60. The summed E-state index contributed by atoms with van der Waals surface area (Å²) in [6.45, 7) is 3.83. The summed E-state index contributed by atoms with van der Waals surface area (Å²) >= 11 is 0. The largest absolute Gasteiger partial charge is 0.481 e. The third-order valence-electron chi connectivity index (χ3n) is 5.30. The van der Waals surface area contributed by atoms with Crippen LogP contribution in [0.4, 0.5) is 0 Å². The first-order valence-corrected chi connectivity index (χ1v) is 9.87. The third kappa shape index (κ3) is 8.68. The van der Waals surface area contributed by atoms with E-state index in [4.69, 9.17) is 5.11 Å². The lowest BCUT2D eigenvalue weighted by atomic mass is 9.88. The van der Waals surface area contributed by atoms with Crippen LogP contribution in [-0.4, -0.2) is 33.5 Å². The van der Waals surface area contributed by atoms with Crippen molar-refractivity contribution in [3.8, 4) is 0 Å². The molecule has 0 radical (unpaired) electrons. The van der Waals surface area contributed by atoms with Crippen LogP contribution in [0.25, 0.3) is 0 Å². The molecule has 0 aromatic rings. The number of rotatable bonds is 12. The molecule has 1 aliphatic rings. The van der Waals surface area contributed by atoms with Crippen LogP contribution in [0.3, 0.4) is 0 Å². The minimum absolute atomic E-state index is 0.246.